The van der Waals surface area contributed by atoms with E-state index in [9.17, 15) is 15.0 Å². The minimum absolute atomic E-state index is 0.0574. The van der Waals surface area contributed by atoms with E-state index in [0.717, 1.165) is 5.56 Å². The Bertz CT molecular complexity index is 641. The highest BCUT2D eigenvalue weighted by Crippen LogP contribution is 2.29. The maximum Gasteiger partial charge on any atom is 0.257 e. The van der Waals surface area contributed by atoms with Crippen molar-refractivity contribution in [3.63, 3.8) is 0 Å². The number of hydrogen-bond acceptors (Lipinski definition) is 4. The van der Waals surface area contributed by atoms with Crippen molar-refractivity contribution in [2.24, 2.45) is 0 Å². The van der Waals surface area contributed by atoms with E-state index in [-0.39, 0.29) is 17.2 Å². The molecule has 1 amide bonds. The molecule has 20 heavy (non-hydrogen) atoms. The number of nitrogens with zero attached hydrogens (tertiary/aromatic N) is 1. The van der Waals surface area contributed by atoms with Crippen LogP contribution in [-0.2, 0) is 6.54 Å². The van der Waals surface area contributed by atoms with E-state index >= 15 is 0 Å². The summed E-state index contributed by atoms with van der Waals surface area (Å²) in [5, 5.41) is 19.1. The van der Waals surface area contributed by atoms with Crippen LogP contribution in [0, 0.1) is 0 Å². The van der Waals surface area contributed by atoms with Crippen LogP contribution in [0.4, 0.5) is 5.69 Å². The van der Waals surface area contributed by atoms with Crippen molar-refractivity contribution in [2.45, 2.75) is 6.54 Å². The molecular weight excluding hydrogens is 256 g/mol. The number of amides is 1. The topological polar surface area (TPSA) is 86.8 Å². The van der Waals surface area contributed by atoms with E-state index in [0.29, 0.717) is 12.2 Å². The molecule has 0 aliphatic heterocycles. The summed E-state index contributed by atoms with van der Waals surface area (Å²) < 4.78 is 0. The molecule has 0 saturated heterocycles. The van der Waals surface area contributed by atoms with Gasteiger partial charge in [-0.3, -0.25) is 4.79 Å². The van der Waals surface area contributed by atoms with Crippen LogP contribution < -0.4 is 5.73 Å². The predicted molar refractivity (Wildman–Crippen MR) is 76.4 cm³/mol. The number of phenols is 2. The Kier molecular flexibility index (Phi) is 3.79. The van der Waals surface area contributed by atoms with Gasteiger partial charge in [-0.1, -0.05) is 24.3 Å². The molecule has 2 rings (SSSR count). The van der Waals surface area contributed by atoms with Gasteiger partial charge in [0.05, 0.1) is 5.56 Å². The number of carbonyl (C=O) groups excluding carboxylic acids is 1. The molecule has 0 radical (unpaired) electrons. The van der Waals surface area contributed by atoms with Crippen molar-refractivity contribution in [2.75, 3.05) is 12.8 Å². The summed E-state index contributed by atoms with van der Waals surface area (Å²) in [5.74, 6) is -1.12. The van der Waals surface area contributed by atoms with E-state index in [2.05, 4.69) is 0 Å². The SMILES string of the molecule is CN(Cc1ccccc1N)C(=O)c1cccc(O)c1O. The molecule has 0 bridgehead atoms. The number of hydrogen-bond donors (Lipinski definition) is 3. The first-order valence-electron chi connectivity index (χ1n) is 6.10. The van der Waals surface area contributed by atoms with Crippen LogP contribution in [-0.4, -0.2) is 28.1 Å². The van der Waals surface area contributed by atoms with Crippen LogP contribution in [0.2, 0.25) is 0 Å². The van der Waals surface area contributed by atoms with Crippen LogP contribution in [0.15, 0.2) is 42.5 Å². The lowest BCUT2D eigenvalue weighted by molar-refractivity contribution is 0.0781. The highest BCUT2D eigenvalue weighted by atomic mass is 16.3. The quantitative estimate of drug-likeness (QED) is 0.588. The second-order valence-electron chi connectivity index (χ2n) is 4.53. The van der Waals surface area contributed by atoms with Crippen LogP contribution >= 0.6 is 0 Å². The molecule has 0 atom stereocenters. The van der Waals surface area contributed by atoms with E-state index < -0.39 is 5.75 Å². The number of nitrogens with two attached hydrogens (primary N) is 1. The van der Waals surface area contributed by atoms with Crippen LogP contribution in [0.5, 0.6) is 11.5 Å². The van der Waals surface area contributed by atoms with Crippen molar-refractivity contribution >= 4 is 11.6 Å². The minimum Gasteiger partial charge on any atom is -0.504 e. The molecular formula is C15H16N2O3. The zero-order chi connectivity index (χ0) is 14.7. The van der Waals surface area contributed by atoms with E-state index in [4.69, 9.17) is 5.73 Å². The molecule has 5 nitrogen and oxygen atoms in total. The fraction of sp³-hybridized carbons (Fsp3) is 0.133. The molecule has 0 heterocycles. The van der Waals surface area contributed by atoms with Gasteiger partial charge in [-0.25, -0.2) is 0 Å². The summed E-state index contributed by atoms with van der Waals surface area (Å²) in [5.41, 5.74) is 7.32. The minimum atomic E-state index is -0.412. The standard InChI is InChI=1S/C15H16N2O3/c1-17(9-10-5-2-3-7-12(10)16)15(20)11-6-4-8-13(18)14(11)19/h2-8,18-19H,9,16H2,1H3. The van der Waals surface area contributed by atoms with Gasteiger partial charge in [0, 0.05) is 19.3 Å². The van der Waals surface area contributed by atoms with Gasteiger partial charge < -0.3 is 20.8 Å². The zero-order valence-corrected chi connectivity index (χ0v) is 11.1. The first kappa shape index (κ1) is 13.7. The molecule has 2 aromatic carbocycles. The first-order chi connectivity index (χ1) is 9.50. The summed E-state index contributed by atoms with van der Waals surface area (Å²) in [6.07, 6.45) is 0. The van der Waals surface area contributed by atoms with Gasteiger partial charge in [0.15, 0.2) is 11.5 Å². The van der Waals surface area contributed by atoms with E-state index in [1.54, 1.807) is 13.1 Å². The van der Waals surface area contributed by atoms with Crippen molar-refractivity contribution < 1.29 is 15.0 Å². The lowest BCUT2D eigenvalue weighted by Gasteiger charge is -2.19. The number of aromatic hydroxyl groups is 2. The van der Waals surface area contributed by atoms with Crippen molar-refractivity contribution in [3.05, 3.63) is 53.6 Å². The maximum absolute atomic E-state index is 12.2. The number of anilines is 1. The normalized spacial score (nSPS) is 10.2. The number of para-hydroxylation sites is 2. The third-order valence-corrected chi connectivity index (χ3v) is 3.05. The number of nitrogen functional groups attached to an aromatic ring is 1. The molecule has 5 heteroatoms. The fourth-order valence-corrected chi connectivity index (χ4v) is 1.92. The van der Waals surface area contributed by atoms with Gasteiger partial charge in [-0.2, -0.15) is 0 Å². The van der Waals surface area contributed by atoms with Gasteiger partial charge >= 0.3 is 0 Å². The van der Waals surface area contributed by atoms with Crippen LogP contribution in [0.3, 0.4) is 0 Å². The molecule has 0 aliphatic rings. The number of phenolic OH excluding ortho intramolecular Hbond substituents is 2. The molecule has 0 aliphatic carbocycles. The van der Waals surface area contributed by atoms with Gasteiger partial charge in [0.2, 0.25) is 0 Å². The fourth-order valence-electron chi connectivity index (χ4n) is 1.92. The number of benzene rings is 2. The third-order valence-electron chi connectivity index (χ3n) is 3.05. The van der Waals surface area contributed by atoms with E-state index in [1.807, 2.05) is 18.2 Å². The second-order valence-corrected chi connectivity index (χ2v) is 4.53. The Morgan fingerprint density at radius 2 is 1.85 bits per heavy atom. The molecule has 104 valence electrons. The largest absolute Gasteiger partial charge is 0.504 e. The van der Waals surface area contributed by atoms with E-state index in [1.165, 1.54) is 23.1 Å². The molecule has 0 saturated carbocycles. The van der Waals surface area contributed by atoms with Gasteiger partial charge in [-0.15, -0.1) is 0 Å². The summed E-state index contributed by atoms with van der Waals surface area (Å²) in [4.78, 5) is 13.7. The summed E-state index contributed by atoms with van der Waals surface area (Å²) in [6.45, 7) is 0.320. The molecule has 4 N–H and O–H groups in total. The second kappa shape index (κ2) is 5.52. The maximum atomic E-state index is 12.2. The average molecular weight is 272 g/mol. The van der Waals surface area contributed by atoms with Crippen LogP contribution in [0.25, 0.3) is 0 Å². The number of rotatable bonds is 3. The number of carbonyl (C=O) groups is 1. The summed E-state index contributed by atoms with van der Waals surface area (Å²) in [6, 6.07) is 11.6. The van der Waals surface area contributed by atoms with Gasteiger partial charge in [-0.05, 0) is 23.8 Å². The molecule has 0 unspecified atom stereocenters. The van der Waals surface area contributed by atoms with Crippen molar-refractivity contribution in [1.82, 2.24) is 4.90 Å². The van der Waals surface area contributed by atoms with Gasteiger partial charge in [0.1, 0.15) is 0 Å². The van der Waals surface area contributed by atoms with Crippen LogP contribution in [0.1, 0.15) is 15.9 Å². The Balaban J connectivity index is 2.21. The summed E-state index contributed by atoms with van der Waals surface area (Å²) in [7, 11) is 1.61. The Hall–Kier alpha value is -2.69. The Morgan fingerprint density at radius 3 is 2.55 bits per heavy atom. The first-order valence-corrected chi connectivity index (χ1v) is 6.10. The Labute approximate surface area is 116 Å². The monoisotopic (exact) mass is 272 g/mol. The molecule has 0 spiro atoms. The summed E-state index contributed by atoms with van der Waals surface area (Å²) >= 11 is 0. The predicted octanol–water partition coefficient (Wildman–Crippen LogP) is 1.95. The zero-order valence-electron chi connectivity index (χ0n) is 11.1. The van der Waals surface area contributed by atoms with Crippen molar-refractivity contribution in [3.8, 4) is 11.5 Å². The molecule has 0 fully saturated rings. The smallest absolute Gasteiger partial charge is 0.257 e. The average Bonchev–Trinajstić information content (AvgIpc) is 2.43. The lowest BCUT2D eigenvalue weighted by Crippen LogP contribution is -2.26. The molecule has 2 aromatic rings. The Morgan fingerprint density at radius 1 is 1.15 bits per heavy atom. The van der Waals surface area contributed by atoms with Crippen molar-refractivity contribution in [1.29, 1.82) is 0 Å². The van der Waals surface area contributed by atoms with Gasteiger partial charge in [0.25, 0.3) is 5.91 Å². The lowest BCUT2D eigenvalue weighted by atomic mass is 10.1. The highest BCUT2D eigenvalue weighted by molar-refractivity contribution is 5.97. The third kappa shape index (κ3) is 2.66. The molecule has 0 aromatic heterocycles. The highest BCUT2D eigenvalue weighted by Gasteiger charge is 2.18.